The van der Waals surface area contributed by atoms with Crippen molar-refractivity contribution in [3.63, 3.8) is 0 Å². The summed E-state index contributed by atoms with van der Waals surface area (Å²) in [6, 6.07) is 17.6. The Morgan fingerprint density at radius 1 is 0.900 bits per heavy atom. The van der Waals surface area contributed by atoms with Crippen LogP contribution in [0.25, 0.3) is 33.1 Å². The smallest absolute Gasteiger partial charge is 0.355 e. The number of unbranched alkanes of at least 4 members (excludes halogenated alkanes) is 2. The Balaban J connectivity index is 1.76. The molecule has 208 valence electrons. The van der Waals surface area contributed by atoms with Crippen LogP contribution in [0.3, 0.4) is 0 Å². The molecule has 40 heavy (non-hydrogen) atoms. The van der Waals surface area contributed by atoms with Crippen LogP contribution in [0.5, 0.6) is 17.2 Å². The van der Waals surface area contributed by atoms with Gasteiger partial charge in [0.1, 0.15) is 22.5 Å². The summed E-state index contributed by atoms with van der Waals surface area (Å²) in [4.78, 5) is 13.7. The molecule has 0 amide bonds. The van der Waals surface area contributed by atoms with Crippen molar-refractivity contribution < 1.29 is 23.7 Å². The number of rotatable bonds is 12. The molecule has 0 N–H and O–H groups in total. The molecule has 9 heteroatoms. The number of carbonyl (C=O) groups is 1. The first-order valence-corrected chi connectivity index (χ1v) is 14.2. The molecule has 0 spiro atoms. The van der Waals surface area contributed by atoms with Gasteiger partial charge in [-0.1, -0.05) is 38.0 Å². The summed E-state index contributed by atoms with van der Waals surface area (Å²) in [5, 5.41) is 0.858. The quantitative estimate of drug-likeness (QED) is 0.119. The summed E-state index contributed by atoms with van der Waals surface area (Å²) < 4.78 is 33.7. The first-order chi connectivity index (χ1) is 19.6. The summed E-state index contributed by atoms with van der Waals surface area (Å²) >= 11 is 1.16. The molecule has 0 aliphatic rings. The molecule has 0 unspecified atom stereocenters. The van der Waals surface area contributed by atoms with Crippen LogP contribution in [-0.2, 0) is 11.3 Å². The Morgan fingerprint density at radius 3 is 2.42 bits per heavy atom. The third kappa shape index (κ3) is 5.47. The van der Waals surface area contributed by atoms with Crippen molar-refractivity contribution in [1.29, 1.82) is 0 Å². The SMILES string of the molecule is CCCCCOc1cc2c(cc1OC)c(-c1ccc3nsnc3c1)c(C(=O)OCC)n2Cc1ccc(OC)cc1. The summed E-state index contributed by atoms with van der Waals surface area (Å²) in [6.45, 7) is 5.26. The van der Waals surface area contributed by atoms with Gasteiger partial charge in [-0.05, 0) is 54.8 Å². The number of nitrogens with zero attached hydrogens (tertiary/aromatic N) is 3. The predicted octanol–water partition coefficient (Wildman–Crippen LogP) is 7.12. The summed E-state index contributed by atoms with van der Waals surface area (Å²) in [5.41, 5.74) is 5.50. The van der Waals surface area contributed by atoms with Crippen LogP contribution in [0, 0.1) is 0 Å². The van der Waals surface area contributed by atoms with Crippen molar-refractivity contribution in [2.75, 3.05) is 27.4 Å². The van der Waals surface area contributed by atoms with Crippen LogP contribution < -0.4 is 14.2 Å². The van der Waals surface area contributed by atoms with E-state index in [0.29, 0.717) is 30.3 Å². The molecular weight excluding hydrogens is 526 g/mol. The van der Waals surface area contributed by atoms with Gasteiger partial charge in [0.15, 0.2) is 11.5 Å². The summed E-state index contributed by atoms with van der Waals surface area (Å²) in [7, 11) is 3.27. The molecular formula is C31H33N3O5S. The number of ether oxygens (including phenoxy) is 4. The zero-order valence-corrected chi connectivity index (χ0v) is 24.0. The van der Waals surface area contributed by atoms with Crippen molar-refractivity contribution in [3.8, 4) is 28.4 Å². The molecule has 5 rings (SSSR count). The van der Waals surface area contributed by atoms with E-state index in [-0.39, 0.29) is 6.61 Å². The Morgan fingerprint density at radius 2 is 1.70 bits per heavy atom. The third-order valence-corrected chi connectivity index (χ3v) is 7.42. The minimum absolute atomic E-state index is 0.256. The Bertz CT molecular complexity index is 1620. The van der Waals surface area contributed by atoms with Gasteiger partial charge in [0, 0.05) is 23.6 Å². The third-order valence-electron chi connectivity index (χ3n) is 6.87. The fourth-order valence-electron chi connectivity index (χ4n) is 4.88. The van der Waals surface area contributed by atoms with E-state index in [1.807, 2.05) is 66.1 Å². The average Bonchev–Trinajstić information content (AvgIpc) is 3.57. The molecule has 2 aromatic heterocycles. The van der Waals surface area contributed by atoms with Gasteiger partial charge in [0.25, 0.3) is 0 Å². The van der Waals surface area contributed by atoms with Crippen LogP contribution in [-0.4, -0.2) is 46.7 Å². The Labute approximate surface area is 237 Å². The standard InChI is InChI=1S/C31H33N3O5S/c1-5-7-8-15-39-28-18-26-23(17-27(28)37-4)29(21-11-14-24-25(16-21)33-40-32-24)30(31(35)38-6-2)34(26)19-20-9-12-22(36-3)13-10-20/h9-14,16-18H,5-8,15,19H2,1-4H3. The molecule has 2 heterocycles. The second kappa shape index (κ2) is 12.4. The van der Waals surface area contributed by atoms with Gasteiger partial charge in [-0.15, -0.1) is 0 Å². The largest absolute Gasteiger partial charge is 0.497 e. The number of aromatic nitrogens is 3. The molecule has 0 aliphatic carbocycles. The van der Waals surface area contributed by atoms with E-state index in [4.69, 9.17) is 18.9 Å². The molecule has 0 bridgehead atoms. The fourth-order valence-corrected chi connectivity index (χ4v) is 5.40. The van der Waals surface area contributed by atoms with E-state index >= 15 is 0 Å². The van der Waals surface area contributed by atoms with Crippen LogP contribution in [0.1, 0.15) is 49.2 Å². The van der Waals surface area contributed by atoms with Gasteiger partial charge < -0.3 is 23.5 Å². The molecule has 0 saturated carbocycles. The molecule has 5 aromatic rings. The van der Waals surface area contributed by atoms with Gasteiger partial charge in [0.2, 0.25) is 0 Å². The number of methoxy groups -OCH3 is 2. The highest BCUT2D eigenvalue weighted by Gasteiger charge is 2.27. The molecule has 0 aliphatic heterocycles. The van der Waals surface area contributed by atoms with Gasteiger partial charge in [-0.25, -0.2) is 4.79 Å². The highest BCUT2D eigenvalue weighted by molar-refractivity contribution is 7.00. The van der Waals surface area contributed by atoms with Crippen molar-refractivity contribution >= 4 is 39.6 Å². The molecule has 0 saturated heterocycles. The topological polar surface area (TPSA) is 84.7 Å². The van der Waals surface area contributed by atoms with Gasteiger partial charge in [-0.3, -0.25) is 0 Å². The highest BCUT2D eigenvalue weighted by Crippen LogP contribution is 2.42. The van der Waals surface area contributed by atoms with E-state index < -0.39 is 5.97 Å². The van der Waals surface area contributed by atoms with Crippen LogP contribution in [0.15, 0.2) is 54.6 Å². The van der Waals surface area contributed by atoms with E-state index in [1.165, 1.54) is 0 Å². The van der Waals surface area contributed by atoms with E-state index in [1.54, 1.807) is 14.2 Å². The number of hydrogen-bond acceptors (Lipinski definition) is 8. The lowest BCUT2D eigenvalue weighted by atomic mass is 10.0. The second-order valence-corrected chi connectivity index (χ2v) is 9.95. The van der Waals surface area contributed by atoms with Gasteiger partial charge >= 0.3 is 5.97 Å². The lowest BCUT2D eigenvalue weighted by molar-refractivity contribution is 0.0516. The number of benzene rings is 3. The predicted molar refractivity (Wildman–Crippen MR) is 158 cm³/mol. The molecule has 0 radical (unpaired) electrons. The fraction of sp³-hybridized carbons (Fsp3) is 0.323. The summed E-state index contributed by atoms with van der Waals surface area (Å²) in [5.74, 6) is 1.62. The normalized spacial score (nSPS) is 11.2. The highest BCUT2D eigenvalue weighted by atomic mass is 32.1. The molecule has 0 atom stereocenters. The number of fused-ring (bicyclic) bond motifs is 2. The van der Waals surface area contributed by atoms with E-state index in [2.05, 4.69) is 15.7 Å². The van der Waals surface area contributed by atoms with Crippen molar-refractivity contribution in [2.24, 2.45) is 0 Å². The minimum Gasteiger partial charge on any atom is -0.497 e. The molecule has 8 nitrogen and oxygen atoms in total. The minimum atomic E-state index is -0.400. The molecule has 0 fully saturated rings. The Kier molecular flexibility index (Phi) is 8.50. The van der Waals surface area contributed by atoms with Crippen molar-refractivity contribution in [1.82, 2.24) is 13.3 Å². The first kappa shape index (κ1) is 27.5. The molecule has 3 aromatic carbocycles. The van der Waals surface area contributed by atoms with Gasteiger partial charge in [-0.2, -0.15) is 8.75 Å². The van der Waals surface area contributed by atoms with Crippen LogP contribution >= 0.6 is 11.7 Å². The lowest BCUT2D eigenvalue weighted by Crippen LogP contribution is -2.14. The maximum atomic E-state index is 13.7. The number of esters is 1. The van der Waals surface area contributed by atoms with Crippen LogP contribution in [0.2, 0.25) is 0 Å². The lowest BCUT2D eigenvalue weighted by Gasteiger charge is -2.14. The maximum Gasteiger partial charge on any atom is 0.355 e. The zero-order chi connectivity index (χ0) is 28.1. The number of carbonyl (C=O) groups excluding carboxylic acids is 1. The van der Waals surface area contributed by atoms with Crippen molar-refractivity contribution in [3.05, 3.63) is 65.9 Å². The van der Waals surface area contributed by atoms with Crippen molar-refractivity contribution in [2.45, 2.75) is 39.7 Å². The Hall–Kier alpha value is -4.11. The maximum absolute atomic E-state index is 13.7. The number of hydrogen-bond donors (Lipinski definition) is 0. The monoisotopic (exact) mass is 559 g/mol. The van der Waals surface area contributed by atoms with Gasteiger partial charge in [0.05, 0.1) is 44.7 Å². The summed E-state index contributed by atoms with van der Waals surface area (Å²) in [6.07, 6.45) is 3.14. The van der Waals surface area contributed by atoms with E-state index in [0.717, 1.165) is 75.4 Å². The average molecular weight is 560 g/mol. The van der Waals surface area contributed by atoms with Crippen LogP contribution in [0.4, 0.5) is 0 Å². The zero-order valence-electron chi connectivity index (χ0n) is 23.2. The second-order valence-electron chi connectivity index (χ2n) is 9.42. The first-order valence-electron chi connectivity index (χ1n) is 13.5. The van der Waals surface area contributed by atoms with E-state index in [9.17, 15) is 4.79 Å².